The van der Waals surface area contributed by atoms with Crippen LogP contribution in [0.2, 0.25) is 0 Å². The molecule has 3 amide bonds. The molecule has 0 bridgehead atoms. The van der Waals surface area contributed by atoms with Crippen LogP contribution >= 0.6 is 0 Å². The summed E-state index contributed by atoms with van der Waals surface area (Å²) in [7, 11) is 0. The van der Waals surface area contributed by atoms with Crippen LogP contribution in [0.1, 0.15) is 199 Å². The van der Waals surface area contributed by atoms with Crippen molar-refractivity contribution >= 4 is 23.9 Å². The molecule has 310 valence electrons. The highest BCUT2D eigenvalue weighted by Gasteiger charge is 2.18. The third-order valence-electron chi connectivity index (χ3n) is 9.96. The minimum atomic E-state index is -0.758. The highest BCUT2D eigenvalue weighted by atomic mass is 16.6. The number of carbonyl (C=O) groups is 4. The Hall–Kier alpha value is -3.10. The second-order valence-electron chi connectivity index (χ2n) is 15.1. The molecule has 0 aromatic heterocycles. The molecule has 0 saturated carbocycles. The summed E-state index contributed by atoms with van der Waals surface area (Å²) in [5.41, 5.74) is 0.833. The molecule has 0 saturated heterocycles. The Balaban J connectivity index is 2.31. The van der Waals surface area contributed by atoms with Gasteiger partial charge < -0.3 is 25.4 Å². The zero-order valence-electron chi connectivity index (χ0n) is 34.5. The first kappa shape index (κ1) is 48.9. The maximum atomic E-state index is 12.6. The van der Waals surface area contributed by atoms with Gasteiger partial charge in [0.2, 0.25) is 11.8 Å². The molecule has 1 aromatic rings. The topological polar surface area (TPSA) is 123 Å². The molecular weight excluding hydrogens is 679 g/mol. The number of hydrogen-bond acceptors (Lipinski definition) is 6. The van der Waals surface area contributed by atoms with Crippen LogP contribution in [0.15, 0.2) is 30.3 Å². The number of ether oxygens (including phenoxy) is 2. The quantitative estimate of drug-likeness (QED) is 0.0459. The molecular formula is C45H79N3O6. The van der Waals surface area contributed by atoms with Crippen LogP contribution in [0.4, 0.5) is 4.79 Å². The predicted molar refractivity (Wildman–Crippen MR) is 221 cm³/mol. The smallest absolute Gasteiger partial charge is 0.407 e. The lowest BCUT2D eigenvalue weighted by Crippen LogP contribution is -2.44. The molecule has 0 unspecified atom stereocenters. The summed E-state index contributed by atoms with van der Waals surface area (Å²) >= 11 is 0. The molecule has 0 atom stereocenters. The Morgan fingerprint density at radius 1 is 0.500 bits per heavy atom. The number of alkyl carbamates (subject to hydrolysis) is 1. The minimum absolute atomic E-state index is 0.0838. The molecule has 0 spiro atoms. The fraction of sp³-hybridized carbons (Fsp3) is 0.778. The van der Waals surface area contributed by atoms with E-state index in [1.165, 1.54) is 128 Å². The summed E-state index contributed by atoms with van der Waals surface area (Å²) in [6, 6.07) is 9.26. The van der Waals surface area contributed by atoms with Crippen LogP contribution in [0.25, 0.3) is 0 Å². The number of esters is 1. The molecule has 3 N–H and O–H groups in total. The molecule has 0 aliphatic carbocycles. The predicted octanol–water partition coefficient (Wildman–Crippen LogP) is 11.0. The lowest BCUT2D eigenvalue weighted by molar-refractivity contribution is -0.148. The first-order chi connectivity index (χ1) is 26.4. The lowest BCUT2D eigenvalue weighted by Gasteiger charge is -2.19. The van der Waals surface area contributed by atoms with Crippen molar-refractivity contribution in [1.82, 2.24) is 16.0 Å². The van der Waals surface area contributed by atoms with Crippen LogP contribution in [0, 0.1) is 0 Å². The van der Waals surface area contributed by atoms with Crippen LogP contribution in [0.3, 0.4) is 0 Å². The SMILES string of the molecule is CCCCCCCCCCCCCCCC(=O)NCC(CNC(=O)CCCCCCCCCCCCCCC)OC(=O)CNC(=O)OCc1ccccc1. The fourth-order valence-electron chi connectivity index (χ4n) is 6.54. The number of amides is 3. The van der Waals surface area contributed by atoms with Gasteiger partial charge in [-0.3, -0.25) is 14.4 Å². The van der Waals surface area contributed by atoms with E-state index in [0.717, 1.165) is 44.1 Å². The molecule has 9 heteroatoms. The Labute approximate surface area is 329 Å². The van der Waals surface area contributed by atoms with Gasteiger partial charge in [0.15, 0.2) is 0 Å². The van der Waals surface area contributed by atoms with E-state index in [-0.39, 0.29) is 38.1 Å². The average Bonchev–Trinajstić information content (AvgIpc) is 3.18. The molecule has 0 radical (unpaired) electrons. The number of benzene rings is 1. The van der Waals surface area contributed by atoms with Crippen molar-refractivity contribution in [1.29, 1.82) is 0 Å². The zero-order chi connectivity index (χ0) is 39.2. The van der Waals surface area contributed by atoms with Gasteiger partial charge >= 0.3 is 12.1 Å². The van der Waals surface area contributed by atoms with Crippen molar-refractivity contribution in [2.45, 2.75) is 206 Å². The molecule has 54 heavy (non-hydrogen) atoms. The first-order valence-electron chi connectivity index (χ1n) is 22.1. The van der Waals surface area contributed by atoms with E-state index < -0.39 is 18.2 Å². The van der Waals surface area contributed by atoms with Gasteiger partial charge in [-0.25, -0.2) is 4.79 Å². The maximum Gasteiger partial charge on any atom is 0.407 e. The van der Waals surface area contributed by atoms with E-state index in [4.69, 9.17) is 9.47 Å². The second kappa shape index (κ2) is 36.9. The van der Waals surface area contributed by atoms with Crippen molar-refractivity contribution in [3.05, 3.63) is 35.9 Å². The summed E-state index contributed by atoms with van der Waals surface area (Å²) < 4.78 is 10.7. The van der Waals surface area contributed by atoms with E-state index in [1.54, 1.807) is 0 Å². The van der Waals surface area contributed by atoms with E-state index >= 15 is 0 Å². The molecule has 0 fully saturated rings. The van der Waals surface area contributed by atoms with Gasteiger partial charge in [-0.1, -0.05) is 198 Å². The van der Waals surface area contributed by atoms with Crippen LogP contribution in [-0.2, 0) is 30.5 Å². The van der Waals surface area contributed by atoms with Gasteiger partial charge in [0.1, 0.15) is 19.3 Å². The molecule has 1 aromatic carbocycles. The Bertz CT molecular complexity index is 1010. The largest absolute Gasteiger partial charge is 0.457 e. The van der Waals surface area contributed by atoms with Crippen molar-refractivity contribution in [2.24, 2.45) is 0 Å². The summed E-state index contributed by atoms with van der Waals surface area (Å²) in [4.78, 5) is 50.0. The summed E-state index contributed by atoms with van der Waals surface area (Å²) in [6.45, 7) is 4.37. The first-order valence-corrected chi connectivity index (χ1v) is 22.1. The molecule has 1 rings (SSSR count). The van der Waals surface area contributed by atoms with E-state index in [9.17, 15) is 19.2 Å². The van der Waals surface area contributed by atoms with Gasteiger partial charge in [0, 0.05) is 12.8 Å². The van der Waals surface area contributed by atoms with Crippen molar-refractivity contribution in [3.63, 3.8) is 0 Å². The number of carbonyl (C=O) groups excluding carboxylic acids is 4. The standard InChI is InChI=1S/C45H79N3O6/c1-3-5-7-9-11-13-15-17-19-21-23-25-30-34-42(49)46-36-41(54-44(51)38-48-45(52)53-39-40-32-28-27-29-33-40)37-47-43(50)35-31-26-24-22-20-18-16-14-12-10-8-6-4-2/h27-29,32-33,41H,3-26,30-31,34-39H2,1-2H3,(H,46,49)(H,47,50)(H,48,52). The number of hydrogen-bond donors (Lipinski definition) is 3. The monoisotopic (exact) mass is 758 g/mol. The zero-order valence-corrected chi connectivity index (χ0v) is 34.5. The van der Waals surface area contributed by atoms with Gasteiger partial charge in [-0.2, -0.15) is 0 Å². The Morgan fingerprint density at radius 3 is 1.26 bits per heavy atom. The maximum absolute atomic E-state index is 12.6. The Morgan fingerprint density at radius 2 is 0.870 bits per heavy atom. The summed E-state index contributed by atoms with van der Waals surface area (Å²) in [5.74, 6) is -0.867. The van der Waals surface area contributed by atoms with Crippen molar-refractivity contribution in [3.8, 4) is 0 Å². The van der Waals surface area contributed by atoms with E-state index in [1.807, 2.05) is 30.3 Å². The van der Waals surface area contributed by atoms with Crippen LogP contribution in [0.5, 0.6) is 0 Å². The van der Waals surface area contributed by atoms with Gasteiger partial charge in [0.25, 0.3) is 0 Å². The minimum Gasteiger partial charge on any atom is -0.457 e. The van der Waals surface area contributed by atoms with Crippen LogP contribution in [-0.4, -0.2) is 49.6 Å². The van der Waals surface area contributed by atoms with Gasteiger partial charge in [-0.05, 0) is 18.4 Å². The number of nitrogens with one attached hydrogen (secondary N) is 3. The highest BCUT2D eigenvalue weighted by Crippen LogP contribution is 2.14. The molecule has 0 aliphatic rings. The fourth-order valence-corrected chi connectivity index (χ4v) is 6.54. The summed E-state index contributed by atoms with van der Waals surface area (Å²) in [6.07, 6.45) is 31.7. The molecule has 0 aliphatic heterocycles. The second-order valence-corrected chi connectivity index (χ2v) is 15.1. The van der Waals surface area contributed by atoms with Gasteiger partial charge in [-0.15, -0.1) is 0 Å². The molecule has 0 heterocycles. The average molecular weight is 758 g/mol. The van der Waals surface area contributed by atoms with Crippen molar-refractivity contribution < 1.29 is 28.7 Å². The Kier molecular flexibility index (Phi) is 33.4. The normalized spacial score (nSPS) is 11.0. The van der Waals surface area contributed by atoms with E-state index in [2.05, 4.69) is 29.8 Å². The highest BCUT2D eigenvalue weighted by molar-refractivity contribution is 5.79. The van der Waals surface area contributed by atoms with E-state index in [0.29, 0.717) is 12.8 Å². The number of unbranched alkanes of at least 4 members (excludes halogenated alkanes) is 24. The van der Waals surface area contributed by atoms with Crippen molar-refractivity contribution in [2.75, 3.05) is 19.6 Å². The third-order valence-corrected chi connectivity index (χ3v) is 9.96. The summed E-state index contributed by atoms with van der Waals surface area (Å²) in [5, 5.41) is 8.16. The van der Waals surface area contributed by atoms with Crippen LogP contribution < -0.4 is 16.0 Å². The molecule has 9 nitrogen and oxygen atoms in total. The lowest BCUT2D eigenvalue weighted by atomic mass is 10.0. The van der Waals surface area contributed by atoms with Gasteiger partial charge in [0.05, 0.1) is 13.1 Å². The third kappa shape index (κ3) is 32.3. The number of rotatable bonds is 37.